The molecule has 3 rings (SSSR count). The molecule has 1 unspecified atom stereocenters. The van der Waals surface area contributed by atoms with E-state index in [1.165, 1.54) is 22.5 Å². The number of nitrogens with zero attached hydrogens (tertiary/aromatic N) is 3. The summed E-state index contributed by atoms with van der Waals surface area (Å²) in [7, 11) is 0. The number of thiophene rings is 1. The van der Waals surface area contributed by atoms with E-state index in [1.807, 2.05) is 42.3 Å². The van der Waals surface area contributed by atoms with Crippen LogP contribution in [0.15, 0.2) is 60.1 Å². The average Bonchev–Trinajstić information content (AvgIpc) is 3.48. The molecule has 0 radical (unpaired) electrons. The third-order valence-electron chi connectivity index (χ3n) is 6.22. The van der Waals surface area contributed by atoms with Crippen molar-refractivity contribution in [2.24, 2.45) is 0 Å². The molecule has 0 aliphatic rings. The minimum Gasteiger partial charge on any atom is -0.345 e. The van der Waals surface area contributed by atoms with Crippen molar-refractivity contribution < 1.29 is 9.59 Å². The molecule has 33 heavy (non-hydrogen) atoms. The van der Waals surface area contributed by atoms with Gasteiger partial charge in [-0.1, -0.05) is 37.3 Å². The number of rotatable bonds is 10. The predicted octanol–water partition coefficient (Wildman–Crippen LogP) is 5.58. The molecule has 1 aromatic carbocycles. The van der Waals surface area contributed by atoms with Crippen LogP contribution in [0.3, 0.4) is 0 Å². The highest BCUT2D eigenvalue weighted by atomic mass is 32.1. The Morgan fingerprint density at radius 1 is 1.00 bits per heavy atom. The predicted molar refractivity (Wildman–Crippen MR) is 136 cm³/mol. The van der Waals surface area contributed by atoms with E-state index >= 15 is 0 Å². The van der Waals surface area contributed by atoms with Crippen molar-refractivity contribution in [1.29, 1.82) is 0 Å². The number of carbonyl (C=O) groups is 2. The van der Waals surface area contributed by atoms with Gasteiger partial charge in [0.2, 0.25) is 5.91 Å². The Labute approximate surface area is 201 Å². The van der Waals surface area contributed by atoms with Crippen LogP contribution in [0.2, 0.25) is 0 Å². The summed E-state index contributed by atoms with van der Waals surface area (Å²) in [6.45, 7) is 11.6. The minimum atomic E-state index is -0.0830. The summed E-state index contributed by atoms with van der Waals surface area (Å²) >= 11 is 1.41. The highest BCUT2D eigenvalue weighted by molar-refractivity contribution is 7.12. The Morgan fingerprint density at radius 2 is 1.76 bits per heavy atom. The smallest absolute Gasteiger partial charge is 0.264 e. The lowest BCUT2D eigenvalue weighted by atomic mass is 10.1. The first kappa shape index (κ1) is 24.8. The molecular formula is C27H35N3O2S. The third-order valence-corrected chi connectivity index (χ3v) is 7.08. The van der Waals surface area contributed by atoms with Gasteiger partial charge in [-0.2, -0.15) is 0 Å². The van der Waals surface area contributed by atoms with Crippen molar-refractivity contribution >= 4 is 23.2 Å². The van der Waals surface area contributed by atoms with Crippen molar-refractivity contribution in [1.82, 2.24) is 14.4 Å². The van der Waals surface area contributed by atoms with Crippen LogP contribution in [0.1, 0.15) is 60.6 Å². The molecule has 0 saturated heterocycles. The van der Waals surface area contributed by atoms with E-state index in [9.17, 15) is 9.59 Å². The van der Waals surface area contributed by atoms with Gasteiger partial charge in [0.15, 0.2) is 0 Å². The standard InChI is InChI=1S/C27H35N3O2S/c1-6-22(5)30(26(31)19-29(20(2)3)27(32)25-14-10-16-33-25)18-24-13-9-15-28(24)17-23-12-8-7-11-21(23)4/h7-16,20,22H,6,17-19H2,1-5H3. The van der Waals surface area contributed by atoms with Crippen LogP contribution in [0.5, 0.6) is 0 Å². The lowest BCUT2D eigenvalue weighted by Crippen LogP contribution is -2.48. The molecule has 0 saturated carbocycles. The Balaban J connectivity index is 1.79. The van der Waals surface area contributed by atoms with E-state index < -0.39 is 0 Å². The molecule has 0 N–H and O–H groups in total. The maximum atomic E-state index is 13.5. The van der Waals surface area contributed by atoms with Gasteiger partial charge in [-0.3, -0.25) is 9.59 Å². The van der Waals surface area contributed by atoms with Gasteiger partial charge in [-0.15, -0.1) is 11.3 Å². The first-order chi connectivity index (χ1) is 15.8. The fourth-order valence-electron chi connectivity index (χ4n) is 3.87. The first-order valence-corrected chi connectivity index (χ1v) is 12.5. The second-order valence-electron chi connectivity index (χ2n) is 8.84. The molecule has 2 aromatic heterocycles. The minimum absolute atomic E-state index is 0.0217. The highest BCUT2D eigenvalue weighted by Gasteiger charge is 2.27. The summed E-state index contributed by atoms with van der Waals surface area (Å²) in [5.74, 6) is -0.105. The van der Waals surface area contributed by atoms with Crippen molar-refractivity contribution in [3.05, 3.63) is 81.8 Å². The number of carbonyl (C=O) groups excluding carboxylic acids is 2. The van der Waals surface area contributed by atoms with Crippen LogP contribution in [0.4, 0.5) is 0 Å². The SMILES string of the molecule is CCC(C)N(Cc1cccn1Cc1ccccc1C)C(=O)CN(C(=O)c1cccs1)C(C)C. The summed E-state index contributed by atoms with van der Waals surface area (Å²) in [6, 6.07) is 16.2. The summed E-state index contributed by atoms with van der Waals surface area (Å²) in [5, 5.41) is 1.89. The number of aryl methyl sites for hydroxylation is 1. The molecule has 3 aromatic rings. The Kier molecular flexibility index (Phi) is 8.50. The Bertz CT molecular complexity index is 1060. The second kappa shape index (κ2) is 11.3. The number of hydrogen-bond acceptors (Lipinski definition) is 3. The largest absolute Gasteiger partial charge is 0.345 e. The van der Waals surface area contributed by atoms with Crippen LogP contribution in [-0.2, 0) is 17.9 Å². The third kappa shape index (κ3) is 6.14. The average molecular weight is 466 g/mol. The van der Waals surface area contributed by atoms with E-state index in [-0.39, 0.29) is 30.4 Å². The molecule has 2 amide bonds. The van der Waals surface area contributed by atoms with Crippen molar-refractivity contribution in [2.75, 3.05) is 6.54 Å². The number of amides is 2. The Morgan fingerprint density at radius 3 is 2.39 bits per heavy atom. The molecule has 0 bridgehead atoms. The summed E-state index contributed by atoms with van der Waals surface area (Å²) in [6.07, 6.45) is 2.92. The van der Waals surface area contributed by atoms with Gasteiger partial charge in [0.1, 0.15) is 6.54 Å². The van der Waals surface area contributed by atoms with Crippen LogP contribution in [-0.4, -0.2) is 44.8 Å². The lowest BCUT2D eigenvalue weighted by molar-refractivity contribution is -0.135. The molecule has 0 spiro atoms. The molecular weight excluding hydrogens is 430 g/mol. The van der Waals surface area contributed by atoms with Crippen LogP contribution < -0.4 is 0 Å². The van der Waals surface area contributed by atoms with E-state index in [0.717, 1.165) is 18.7 Å². The van der Waals surface area contributed by atoms with E-state index in [1.54, 1.807) is 4.90 Å². The second-order valence-corrected chi connectivity index (χ2v) is 9.78. The maximum absolute atomic E-state index is 13.5. The molecule has 0 aliphatic heterocycles. The molecule has 6 heteroatoms. The monoisotopic (exact) mass is 465 g/mol. The van der Waals surface area contributed by atoms with Crippen molar-refractivity contribution in [2.45, 2.75) is 66.2 Å². The van der Waals surface area contributed by atoms with Crippen LogP contribution in [0, 0.1) is 6.92 Å². The summed E-state index contributed by atoms with van der Waals surface area (Å²) < 4.78 is 2.21. The molecule has 1 atom stereocenters. The summed E-state index contributed by atoms with van der Waals surface area (Å²) in [5.41, 5.74) is 3.61. The van der Waals surface area contributed by atoms with Crippen LogP contribution >= 0.6 is 11.3 Å². The maximum Gasteiger partial charge on any atom is 0.264 e. The first-order valence-electron chi connectivity index (χ1n) is 11.6. The van der Waals surface area contributed by atoms with Gasteiger partial charge < -0.3 is 14.4 Å². The zero-order valence-electron chi connectivity index (χ0n) is 20.3. The molecule has 2 heterocycles. The van der Waals surface area contributed by atoms with Crippen molar-refractivity contribution in [3.8, 4) is 0 Å². The fraction of sp³-hybridized carbons (Fsp3) is 0.407. The molecule has 5 nitrogen and oxygen atoms in total. The van der Waals surface area contributed by atoms with E-state index in [2.05, 4.69) is 61.9 Å². The normalized spacial score (nSPS) is 12.1. The Hall–Kier alpha value is -2.86. The molecule has 0 fully saturated rings. The topological polar surface area (TPSA) is 45.6 Å². The summed E-state index contributed by atoms with van der Waals surface area (Å²) in [4.78, 5) is 30.8. The number of hydrogen-bond donors (Lipinski definition) is 0. The van der Waals surface area contributed by atoms with Gasteiger partial charge in [0.25, 0.3) is 5.91 Å². The van der Waals surface area contributed by atoms with E-state index in [0.29, 0.717) is 11.4 Å². The quantitative estimate of drug-likeness (QED) is 0.392. The van der Waals surface area contributed by atoms with Crippen molar-refractivity contribution in [3.63, 3.8) is 0 Å². The number of benzene rings is 1. The van der Waals surface area contributed by atoms with Gasteiger partial charge >= 0.3 is 0 Å². The molecule has 176 valence electrons. The lowest BCUT2D eigenvalue weighted by Gasteiger charge is -2.33. The van der Waals surface area contributed by atoms with Gasteiger partial charge in [0.05, 0.1) is 11.4 Å². The van der Waals surface area contributed by atoms with E-state index in [4.69, 9.17) is 0 Å². The van der Waals surface area contributed by atoms with Crippen LogP contribution in [0.25, 0.3) is 0 Å². The fourth-order valence-corrected chi connectivity index (χ4v) is 4.55. The molecule has 0 aliphatic carbocycles. The van der Waals surface area contributed by atoms with Gasteiger partial charge in [-0.25, -0.2) is 0 Å². The van der Waals surface area contributed by atoms with Gasteiger partial charge in [-0.05, 0) is 68.8 Å². The zero-order chi connectivity index (χ0) is 24.0. The number of aromatic nitrogens is 1. The highest BCUT2D eigenvalue weighted by Crippen LogP contribution is 2.18. The zero-order valence-corrected chi connectivity index (χ0v) is 21.1. The van der Waals surface area contributed by atoms with Gasteiger partial charge in [0, 0.05) is 30.5 Å².